The summed E-state index contributed by atoms with van der Waals surface area (Å²) in [6.45, 7) is 12.0. The number of carbonyl (C=O) groups is 2. The zero-order valence-corrected chi connectivity index (χ0v) is 21.7. The molecule has 0 fully saturated rings. The van der Waals surface area contributed by atoms with E-state index in [0.29, 0.717) is 52.5 Å². The lowest BCUT2D eigenvalue weighted by atomic mass is 10.0. The van der Waals surface area contributed by atoms with E-state index in [0.717, 1.165) is 37.5 Å². The maximum Gasteiger partial charge on any atom is 0.305 e. The Bertz CT molecular complexity index is 412. The topological polar surface area (TPSA) is 80.3 Å². The van der Waals surface area contributed by atoms with Crippen molar-refractivity contribution in [2.45, 2.75) is 91.9 Å². The Kier molecular flexibility index (Phi) is 23.1. The van der Waals surface area contributed by atoms with Gasteiger partial charge in [-0.05, 0) is 24.7 Å². The lowest BCUT2D eigenvalue weighted by Crippen LogP contribution is -2.15. The summed E-state index contributed by atoms with van der Waals surface area (Å²) in [7, 11) is 0. The SMILES string of the molecule is CC(C)CCCCCC(=O)OCCOCCOCCOCCOC(=O)CCCCCC(C)C. The van der Waals surface area contributed by atoms with Gasteiger partial charge in [-0.25, -0.2) is 0 Å². The minimum absolute atomic E-state index is 0.149. The van der Waals surface area contributed by atoms with E-state index in [-0.39, 0.29) is 25.2 Å². The molecule has 33 heavy (non-hydrogen) atoms. The third-order valence-electron chi connectivity index (χ3n) is 5.05. The van der Waals surface area contributed by atoms with Crippen molar-refractivity contribution >= 4 is 11.9 Å². The van der Waals surface area contributed by atoms with Crippen LogP contribution in [-0.2, 0) is 33.3 Å². The van der Waals surface area contributed by atoms with Gasteiger partial charge in [0.05, 0.1) is 39.6 Å². The first-order valence-corrected chi connectivity index (χ1v) is 13.0. The van der Waals surface area contributed by atoms with E-state index in [9.17, 15) is 9.59 Å². The van der Waals surface area contributed by atoms with Crippen molar-refractivity contribution in [3.05, 3.63) is 0 Å². The molecule has 0 aliphatic carbocycles. The summed E-state index contributed by atoms with van der Waals surface area (Å²) >= 11 is 0. The highest BCUT2D eigenvalue weighted by Crippen LogP contribution is 2.10. The van der Waals surface area contributed by atoms with Crippen LogP contribution >= 0.6 is 0 Å². The maximum absolute atomic E-state index is 11.6. The van der Waals surface area contributed by atoms with E-state index in [1.807, 2.05) is 0 Å². The fraction of sp³-hybridized carbons (Fsp3) is 0.923. The van der Waals surface area contributed by atoms with Crippen molar-refractivity contribution in [3.63, 3.8) is 0 Å². The highest BCUT2D eigenvalue weighted by molar-refractivity contribution is 5.69. The second kappa shape index (κ2) is 24.0. The molecule has 0 heterocycles. The molecule has 0 spiro atoms. The van der Waals surface area contributed by atoms with Crippen molar-refractivity contribution < 1.29 is 33.3 Å². The molecule has 0 aromatic rings. The fourth-order valence-corrected chi connectivity index (χ4v) is 3.11. The van der Waals surface area contributed by atoms with Gasteiger partial charge in [0.15, 0.2) is 0 Å². The third kappa shape index (κ3) is 26.9. The molecule has 0 aliphatic heterocycles. The number of carbonyl (C=O) groups excluding carboxylic acids is 2. The van der Waals surface area contributed by atoms with Gasteiger partial charge >= 0.3 is 11.9 Å². The quantitative estimate of drug-likeness (QED) is 0.138. The zero-order valence-electron chi connectivity index (χ0n) is 21.7. The van der Waals surface area contributed by atoms with Crippen molar-refractivity contribution in [3.8, 4) is 0 Å². The Morgan fingerprint density at radius 1 is 0.485 bits per heavy atom. The molecule has 0 rings (SSSR count). The predicted octanol–water partition coefficient (Wildman–Crippen LogP) is 5.34. The smallest absolute Gasteiger partial charge is 0.305 e. The van der Waals surface area contributed by atoms with Gasteiger partial charge in [-0.3, -0.25) is 9.59 Å². The molecular formula is C26H50O7. The van der Waals surface area contributed by atoms with Crippen LogP contribution in [0.25, 0.3) is 0 Å². The standard InChI is InChI=1S/C26H50O7/c1-23(2)11-7-5-9-13-25(27)32-21-19-30-17-15-29-16-18-31-20-22-33-26(28)14-10-6-8-12-24(3)4/h23-24H,5-22H2,1-4H3. The van der Waals surface area contributed by atoms with Gasteiger partial charge in [-0.2, -0.15) is 0 Å². The Hall–Kier alpha value is -1.18. The number of hydrogen-bond donors (Lipinski definition) is 0. The number of unbranched alkanes of at least 4 members (excludes halogenated alkanes) is 4. The first kappa shape index (κ1) is 31.8. The lowest BCUT2D eigenvalue weighted by Gasteiger charge is -2.08. The van der Waals surface area contributed by atoms with E-state index < -0.39 is 0 Å². The molecule has 0 radical (unpaired) electrons. The molecule has 0 aromatic heterocycles. The van der Waals surface area contributed by atoms with Crippen molar-refractivity contribution in [2.24, 2.45) is 11.8 Å². The Labute approximate surface area is 202 Å². The number of rotatable bonds is 24. The molecule has 0 amide bonds. The lowest BCUT2D eigenvalue weighted by molar-refractivity contribution is -0.146. The average Bonchev–Trinajstić information content (AvgIpc) is 2.76. The van der Waals surface area contributed by atoms with Crippen LogP contribution in [-0.4, -0.2) is 64.8 Å². The summed E-state index contributed by atoms with van der Waals surface area (Å²) < 4.78 is 26.5. The van der Waals surface area contributed by atoms with E-state index in [1.165, 1.54) is 25.7 Å². The molecule has 0 saturated heterocycles. The van der Waals surface area contributed by atoms with Crippen LogP contribution in [0.2, 0.25) is 0 Å². The predicted molar refractivity (Wildman–Crippen MR) is 130 cm³/mol. The fourth-order valence-electron chi connectivity index (χ4n) is 3.11. The Morgan fingerprint density at radius 3 is 1.15 bits per heavy atom. The average molecular weight is 475 g/mol. The third-order valence-corrected chi connectivity index (χ3v) is 5.05. The second-order valence-corrected chi connectivity index (χ2v) is 9.26. The molecule has 0 aliphatic rings. The minimum atomic E-state index is -0.149. The largest absolute Gasteiger partial charge is 0.463 e. The molecule has 196 valence electrons. The summed E-state index contributed by atoms with van der Waals surface area (Å²) in [5.41, 5.74) is 0. The van der Waals surface area contributed by atoms with Crippen molar-refractivity contribution in [1.82, 2.24) is 0 Å². The summed E-state index contributed by atoms with van der Waals surface area (Å²) in [4.78, 5) is 23.2. The van der Waals surface area contributed by atoms with Crippen molar-refractivity contribution in [1.29, 1.82) is 0 Å². The van der Waals surface area contributed by atoms with E-state index in [2.05, 4.69) is 27.7 Å². The van der Waals surface area contributed by atoms with Gasteiger partial charge < -0.3 is 23.7 Å². The molecule has 0 bridgehead atoms. The summed E-state index contributed by atoms with van der Waals surface area (Å²) in [5.74, 6) is 1.15. The van der Waals surface area contributed by atoms with E-state index in [4.69, 9.17) is 23.7 Å². The second-order valence-electron chi connectivity index (χ2n) is 9.26. The highest BCUT2D eigenvalue weighted by Gasteiger charge is 2.04. The van der Waals surface area contributed by atoms with Gasteiger partial charge in [-0.1, -0.05) is 66.2 Å². The molecule has 7 nitrogen and oxygen atoms in total. The van der Waals surface area contributed by atoms with Crippen LogP contribution in [0.5, 0.6) is 0 Å². The van der Waals surface area contributed by atoms with Crippen LogP contribution in [0.3, 0.4) is 0 Å². The van der Waals surface area contributed by atoms with Gasteiger partial charge in [0.2, 0.25) is 0 Å². The summed E-state index contributed by atoms with van der Waals surface area (Å²) in [6, 6.07) is 0. The van der Waals surface area contributed by atoms with Crippen LogP contribution in [0.15, 0.2) is 0 Å². The van der Waals surface area contributed by atoms with Gasteiger partial charge in [0.25, 0.3) is 0 Å². The maximum atomic E-state index is 11.6. The minimum Gasteiger partial charge on any atom is -0.463 e. The zero-order chi connectivity index (χ0) is 24.6. The number of esters is 2. The van der Waals surface area contributed by atoms with Crippen LogP contribution in [0, 0.1) is 11.8 Å². The van der Waals surface area contributed by atoms with Gasteiger partial charge in [0.1, 0.15) is 13.2 Å². The molecule has 0 N–H and O–H groups in total. The van der Waals surface area contributed by atoms with Crippen LogP contribution < -0.4 is 0 Å². The molecular weight excluding hydrogens is 424 g/mol. The normalized spacial score (nSPS) is 11.3. The highest BCUT2D eigenvalue weighted by atomic mass is 16.6. The molecule has 7 heteroatoms. The number of hydrogen-bond acceptors (Lipinski definition) is 7. The van der Waals surface area contributed by atoms with Crippen LogP contribution in [0.1, 0.15) is 91.9 Å². The van der Waals surface area contributed by atoms with E-state index >= 15 is 0 Å². The Morgan fingerprint density at radius 2 is 0.818 bits per heavy atom. The molecule has 0 atom stereocenters. The first-order chi connectivity index (χ1) is 15.9. The summed E-state index contributed by atoms with van der Waals surface area (Å²) in [5, 5.41) is 0. The molecule has 0 unspecified atom stereocenters. The van der Waals surface area contributed by atoms with Gasteiger partial charge in [0, 0.05) is 12.8 Å². The number of ether oxygens (including phenoxy) is 5. The van der Waals surface area contributed by atoms with E-state index in [1.54, 1.807) is 0 Å². The van der Waals surface area contributed by atoms with Crippen molar-refractivity contribution in [2.75, 3.05) is 52.9 Å². The molecule has 0 saturated carbocycles. The monoisotopic (exact) mass is 474 g/mol. The Balaban J connectivity index is 3.23. The summed E-state index contributed by atoms with van der Waals surface area (Å²) in [6.07, 6.45) is 9.68. The molecule has 0 aromatic carbocycles. The van der Waals surface area contributed by atoms with Gasteiger partial charge in [-0.15, -0.1) is 0 Å². The first-order valence-electron chi connectivity index (χ1n) is 13.0. The van der Waals surface area contributed by atoms with Crippen LogP contribution in [0.4, 0.5) is 0 Å².